The first-order valence-corrected chi connectivity index (χ1v) is 6.11. The summed E-state index contributed by atoms with van der Waals surface area (Å²) < 4.78 is 1.78. The van der Waals surface area contributed by atoms with Gasteiger partial charge in [-0.05, 0) is 42.8 Å². The summed E-state index contributed by atoms with van der Waals surface area (Å²) in [5, 5.41) is 18.3. The molecule has 0 unspecified atom stereocenters. The molecule has 1 N–H and O–H groups in total. The van der Waals surface area contributed by atoms with Crippen molar-refractivity contribution in [1.29, 1.82) is 5.26 Å². The number of benzene rings is 1. The Balaban J connectivity index is 2.26. The Labute approximate surface area is 117 Å². The van der Waals surface area contributed by atoms with Gasteiger partial charge in [0, 0.05) is 18.3 Å². The summed E-state index contributed by atoms with van der Waals surface area (Å²) in [7, 11) is 1.81. The maximum Gasteiger partial charge on any atom is 0.185 e. The highest BCUT2D eigenvalue weighted by Crippen LogP contribution is 2.16. The van der Waals surface area contributed by atoms with Gasteiger partial charge in [0.25, 0.3) is 0 Å². The standard InChI is InChI=1S/C16H14N2O2/c1-11-12(8-14(10-17)18(11)2)6-7-16(20)13-4-3-5-15(19)9-13/h3-9,19H,1-2H3/b7-6+. The van der Waals surface area contributed by atoms with E-state index in [2.05, 4.69) is 6.07 Å². The van der Waals surface area contributed by atoms with Crippen molar-refractivity contribution in [2.45, 2.75) is 6.92 Å². The van der Waals surface area contributed by atoms with Crippen LogP contribution < -0.4 is 0 Å². The number of phenolic OH excluding ortho intramolecular Hbond substituents is 1. The number of carbonyl (C=O) groups is 1. The number of hydrogen-bond acceptors (Lipinski definition) is 3. The van der Waals surface area contributed by atoms with Gasteiger partial charge in [0.05, 0.1) is 0 Å². The van der Waals surface area contributed by atoms with E-state index < -0.39 is 0 Å². The minimum absolute atomic E-state index is 0.0620. The Morgan fingerprint density at radius 3 is 2.75 bits per heavy atom. The monoisotopic (exact) mass is 266 g/mol. The van der Waals surface area contributed by atoms with Crippen molar-refractivity contribution in [3.05, 3.63) is 58.9 Å². The van der Waals surface area contributed by atoms with Gasteiger partial charge in [-0.2, -0.15) is 5.26 Å². The highest BCUT2D eigenvalue weighted by atomic mass is 16.3. The fourth-order valence-electron chi connectivity index (χ4n) is 1.92. The van der Waals surface area contributed by atoms with Gasteiger partial charge in [0.15, 0.2) is 5.78 Å². The first kappa shape index (κ1) is 13.6. The average Bonchev–Trinajstić information content (AvgIpc) is 2.72. The van der Waals surface area contributed by atoms with Gasteiger partial charge < -0.3 is 9.67 Å². The van der Waals surface area contributed by atoms with Crippen LogP contribution in [0, 0.1) is 18.3 Å². The Morgan fingerprint density at radius 1 is 1.40 bits per heavy atom. The molecule has 0 atom stereocenters. The quantitative estimate of drug-likeness (QED) is 0.686. The van der Waals surface area contributed by atoms with Gasteiger partial charge in [-0.15, -0.1) is 0 Å². The van der Waals surface area contributed by atoms with Crippen molar-refractivity contribution in [2.24, 2.45) is 7.05 Å². The highest BCUT2D eigenvalue weighted by molar-refractivity contribution is 6.07. The second-order valence-electron chi connectivity index (χ2n) is 4.49. The van der Waals surface area contributed by atoms with Gasteiger partial charge in [0.1, 0.15) is 17.5 Å². The van der Waals surface area contributed by atoms with E-state index in [1.54, 1.807) is 28.8 Å². The number of nitrogens with zero attached hydrogens (tertiary/aromatic N) is 2. The number of nitriles is 1. The lowest BCUT2D eigenvalue weighted by Crippen LogP contribution is -1.94. The van der Waals surface area contributed by atoms with E-state index in [-0.39, 0.29) is 11.5 Å². The predicted octanol–water partition coefficient (Wildman–Crippen LogP) is 2.81. The number of phenols is 1. The molecule has 0 fully saturated rings. The zero-order valence-electron chi connectivity index (χ0n) is 11.3. The first-order valence-electron chi connectivity index (χ1n) is 6.11. The van der Waals surface area contributed by atoms with Gasteiger partial charge in [-0.1, -0.05) is 12.1 Å². The molecule has 1 heterocycles. The van der Waals surface area contributed by atoms with Crippen LogP contribution in [-0.4, -0.2) is 15.5 Å². The molecule has 0 radical (unpaired) electrons. The zero-order valence-corrected chi connectivity index (χ0v) is 11.3. The van der Waals surface area contributed by atoms with Crippen LogP contribution in [0.4, 0.5) is 0 Å². The molecule has 4 heteroatoms. The average molecular weight is 266 g/mol. The number of rotatable bonds is 3. The molecule has 0 bridgehead atoms. The number of allylic oxidation sites excluding steroid dienone is 1. The molecular weight excluding hydrogens is 252 g/mol. The van der Waals surface area contributed by atoms with Crippen LogP contribution in [0.5, 0.6) is 5.75 Å². The molecule has 100 valence electrons. The summed E-state index contributed by atoms with van der Waals surface area (Å²) in [5.74, 6) is -0.130. The third-order valence-electron chi connectivity index (χ3n) is 3.23. The van der Waals surface area contributed by atoms with Crippen molar-refractivity contribution in [2.75, 3.05) is 0 Å². The Hall–Kier alpha value is -2.80. The van der Waals surface area contributed by atoms with Crippen LogP contribution in [0.1, 0.15) is 27.3 Å². The molecule has 2 rings (SSSR count). The molecular formula is C16H14N2O2. The number of aromatic hydroxyl groups is 1. The Morgan fingerprint density at radius 2 is 2.15 bits per heavy atom. The number of hydrogen-bond donors (Lipinski definition) is 1. The molecule has 0 aliphatic heterocycles. The largest absolute Gasteiger partial charge is 0.508 e. The van der Waals surface area contributed by atoms with Gasteiger partial charge in [-0.3, -0.25) is 4.79 Å². The van der Waals surface area contributed by atoms with Crippen molar-refractivity contribution in [3.8, 4) is 11.8 Å². The van der Waals surface area contributed by atoms with Crippen LogP contribution in [0.2, 0.25) is 0 Å². The summed E-state index contributed by atoms with van der Waals surface area (Å²) in [6.07, 6.45) is 3.13. The molecule has 2 aromatic rings. The maximum absolute atomic E-state index is 12.0. The summed E-state index contributed by atoms with van der Waals surface area (Å²) in [6.45, 7) is 1.89. The molecule has 20 heavy (non-hydrogen) atoms. The lowest BCUT2D eigenvalue weighted by molar-refractivity contribution is 0.104. The van der Waals surface area contributed by atoms with E-state index in [1.807, 2.05) is 14.0 Å². The predicted molar refractivity (Wildman–Crippen MR) is 76.3 cm³/mol. The molecule has 4 nitrogen and oxygen atoms in total. The molecule has 0 saturated heterocycles. The van der Waals surface area contributed by atoms with Crippen LogP contribution in [0.25, 0.3) is 6.08 Å². The summed E-state index contributed by atoms with van der Waals surface area (Å²) in [5.41, 5.74) is 2.72. The van der Waals surface area contributed by atoms with Crippen LogP contribution in [0.15, 0.2) is 36.4 Å². The SMILES string of the molecule is Cc1c(/C=C/C(=O)c2cccc(O)c2)cc(C#N)n1C. The highest BCUT2D eigenvalue weighted by Gasteiger charge is 2.07. The van der Waals surface area contributed by atoms with E-state index in [0.717, 1.165) is 11.3 Å². The van der Waals surface area contributed by atoms with Crippen molar-refractivity contribution in [3.63, 3.8) is 0 Å². The zero-order chi connectivity index (χ0) is 14.7. The molecule has 0 aliphatic carbocycles. The first-order chi connectivity index (χ1) is 9.52. The van der Waals surface area contributed by atoms with Gasteiger partial charge >= 0.3 is 0 Å². The third kappa shape index (κ3) is 2.62. The van der Waals surface area contributed by atoms with E-state index >= 15 is 0 Å². The van der Waals surface area contributed by atoms with Crippen LogP contribution >= 0.6 is 0 Å². The fourth-order valence-corrected chi connectivity index (χ4v) is 1.92. The molecule has 0 amide bonds. The second-order valence-corrected chi connectivity index (χ2v) is 4.49. The normalized spacial score (nSPS) is 10.7. The minimum atomic E-state index is -0.192. The third-order valence-corrected chi connectivity index (χ3v) is 3.23. The maximum atomic E-state index is 12.0. The van der Waals surface area contributed by atoms with Crippen molar-refractivity contribution in [1.82, 2.24) is 4.57 Å². The lowest BCUT2D eigenvalue weighted by atomic mass is 10.1. The Kier molecular flexibility index (Phi) is 3.72. The summed E-state index contributed by atoms with van der Waals surface area (Å²) in [6, 6.07) is 10.0. The van der Waals surface area contributed by atoms with E-state index in [9.17, 15) is 9.90 Å². The summed E-state index contributed by atoms with van der Waals surface area (Å²) >= 11 is 0. The molecule has 0 spiro atoms. The number of carbonyl (C=O) groups excluding carboxylic acids is 1. The molecule has 0 aliphatic rings. The Bertz CT molecular complexity index is 733. The molecule has 1 aromatic heterocycles. The second kappa shape index (κ2) is 5.45. The van der Waals surface area contributed by atoms with E-state index in [1.165, 1.54) is 18.2 Å². The van der Waals surface area contributed by atoms with Gasteiger partial charge in [0.2, 0.25) is 0 Å². The van der Waals surface area contributed by atoms with Crippen LogP contribution in [-0.2, 0) is 7.05 Å². The number of ketones is 1. The topological polar surface area (TPSA) is 66.0 Å². The summed E-state index contributed by atoms with van der Waals surface area (Å²) in [4.78, 5) is 12.0. The van der Waals surface area contributed by atoms with Crippen LogP contribution in [0.3, 0.4) is 0 Å². The van der Waals surface area contributed by atoms with Gasteiger partial charge in [-0.25, -0.2) is 0 Å². The van der Waals surface area contributed by atoms with E-state index in [0.29, 0.717) is 11.3 Å². The lowest BCUT2D eigenvalue weighted by Gasteiger charge is -1.98. The van der Waals surface area contributed by atoms with E-state index in [4.69, 9.17) is 5.26 Å². The number of aromatic nitrogens is 1. The molecule has 0 saturated carbocycles. The van der Waals surface area contributed by atoms with Crippen molar-refractivity contribution >= 4 is 11.9 Å². The van der Waals surface area contributed by atoms with Crippen molar-refractivity contribution < 1.29 is 9.90 Å². The fraction of sp³-hybridized carbons (Fsp3) is 0.125. The minimum Gasteiger partial charge on any atom is -0.508 e. The smallest absolute Gasteiger partial charge is 0.185 e. The molecule has 1 aromatic carbocycles.